The highest BCUT2D eigenvalue weighted by Gasteiger charge is 2.11. The zero-order valence-electron chi connectivity index (χ0n) is 10.2. The fourth-order valence-electron chi connectivity index (χ4n) is 1.43. The van der Waals surface area contributed by atoms with Gasteiger partial charge in [0.15, 0.2) is 0 Å². The van der Waals surface area contributed by atoms with E-state index < -0.39 is 16.5 Å². The third kappa shape index (κ3) is 3.05. The molecule has 2 rings (SSSR count). The molecule has 102 valence electrons. The van der Waals surface area contributed by atoms with E-state index in [1.165, 1.54) is 31.2 Å². The van der Waals surface area contributed by atoms with E-state index in [0.29, 0.717) is 5.56 Å². The van der Waals surface area contributed by atoms with Crippen LogP contribution in [0.2, 0.25) is 0 Å². The van der Waals surface area contributed by atoms with Crippen LogP contribution in [0.1, 0.15) is 6.92 Å². The molecular weight excluding hydrogens is 268 g/mol. The highest BCUT2D eigenvalue weighted by Crippen LogP contribution is 2.21. The number of hydrogen-bond donors (Lipinski definition) is 0. The van der Waals surface area contributed by atoms with E-state index in [1.54, 1.807) is 0 Å². The predicted octanol–water partition coefficient (Wildman–Crippen LogP) is 1.54. The van der Waals surface area contributed by atoms with Gasteiger partial charge in [0, 0.05) is 24.6 Å². The number of non-ortho nitro benzene ring substituents is 1. The van der Waals surface area contributed by atoms with Gasteiger partial charge in [-0.2, -0.15) is 4.98 Å². The normalized spacial score (nSPS) is 10.1. The van der Waals surface area contributed by atoms with Gasteiger partial charge in [-0.15, -0.1) is 0 Å². The quantitative estimate of drug-likeness (QED) is 0.474. The van der Waals surface area contributed by atoms with Crippen molar-refractivity contribution in [1.82, 2.24) is 4.98 Å². The molecule has 1 heterocycles. The fourth-order valence-corrected chi connectivity index (χ4v) is 1.43. The van der Waals surface area contributed by atoms with Gasteiger partial charge in [-0.1, -0.05) is 0 Å². The summed E-state index contributed by atoms with van der Waals surface area (Å²) >= 11 is 0. The van der Waals surface area contributed by atoms with Crippen LogP contribution in [0, 0.1) is 10.1 Å². The minimum absolute atomic E-state index is 0.0938. The highest BCUT2D eigenvalue weighted by atomic mass is 16.6. The second-order valence-electron chi connectivity index (χ2n) is 3.72. The lowest BCUT2D eigenvalue weighted by molar-refractivity contribution is -0.384. The topological polar surface area (TPSA) is 113 Å². The van der Waals surface area contributed by atoms with Crippen LogP contribution in [0.4, 0.5) is 5.69 Å². The number of carbonyl (C=O) groups is 1. The molecule has 0 atom stereocenters. The van der Waals surface area contributed by atoms with Crippen LogP contribution in [0.15, 0.2) is 39.5 Å². The van der Waals surface area contributed by atoms with E-state index in [4.69, 9.17) is 9.15 Å². The van der Waals surface area contributed by atoms with Crippen molar-refractivity contribution in [2.75, 3.05) is 0 Å². The summed E-state index contributed by atoms with van der Waals surface area (Å²) in [7, 11) is 0. The average molecular weight is 276 g/mol. The Kier molecular flexibility index (Phi) is 3.56. The van der Waals surface area contributed by atoms with Crippen LogP contribution in [0.5, 0.6) is 5.88 Å². The van der Waals surface area contributed by atoms with Crippen molar-refractivity contribution in [3.63, 3.8) is 0 Å². The number of nitrogens with zero attached hydrogens (tertiary/aromatic N) is 2. The van der Waals surface area contributed by atoms with E-state index in [2.05, 4.69) is 4.98 Å². The van der Waals surface area contributed by atoms with Gasteiger partial charge in [0.05, 0.1) is 11.0 Å². The molecule has 0 radical (unpaired) electrons. The molecule has 2 aromatic rings. The number of carbonyl (C=O) groups excluding carboxylic acids is 1. The van der Waals surface area contributed by atoms with E-state index >= 15 is 0 Å². The van der Waals surface area contributed by atoms with E-state index in [-0.39, 0.29) is 17.5 Å². The SMILES string of the molecule is CC(=O)Oc1cc(=O)oc(-c2ccc([N+](=O)[O-])cc2)n1. The van der Waals surface area contributed by atoms with Crippen molar-refractivity contribution >= 4 is 11.7 Å². The molecule has 0 aliphatic rings. The molecule has 0 saturated heterocycles. The smallest absolute Gasteiger partial charge is 0.343 e. The van der Waals surface area contributed by atoms with Crippen molar-refractivity contribution in [1.29, 1.82) is 0 Å². The number of hydrogen-bond acceptors (Lipinski definition) is 7. The van der Waals surface area contributed by atoms with Gasteiger partial charge in [0.25, 0.3) is 5.69 Å². The Labute approximate surface area is 111 Å². The Morgan fingerprint density at radius 1 is 1.35 bits per heavy atom. The molecule has 0 amide bonds. The molecule has 0 bridgehead atoms. The number of esters is 1. The first-order valence-electron chi connectivity index (χ1n) is 5.41. The predicted molar refractivity (Wildman–Crippen MR) is 66.2 cm³/mol. The van der Waals surface area contributed by atoms with Gasteiger partial charge >= 0.3 is 11.6 Å². The van der Waals surface area contributed by atoms with Crippen LogP contribution >= 0.6 is 0 Å². The monoisotopic (exact) mass is 276 g/mol. The molecule has 0 saturated carbocycles. The number of aromatic nitrogens is 1. The molecule has 0 fully saturated rings. The summed E-state index contributed by atoms with van der Waals surface area (Å²) in [5, 5.41) is 10.5. The lowest BCUT2D eigenvalue weighted by Crippen LogP contribution is -2.08. The maximum atomic E-state index is 11.3. The summed E-state index contributed by atoms with van der Waals surface area (Å²) in [5.74, 6) is -0.913. The third-order valence-electron chi connectivity index (χ3n) is 2.22. The molecule has 8 nitrogen and oxygen atoms in total. The van der Waals surface area contributed by atoms with E-state index in [0.717, 1.165) is 6.07 Å². The molecule has 1 aromatic heterocycles. The summed E-state index contributed by atoms with van der Waals surface area (Å²) in [5.41, 5.74) is -0.501. The van der Waals surface area contributed by atoms with Crippen LogP contribution in [-0.2, 0) is 4.79 Å². The Bertz CT molecular complexity index is 719. The zero-order chi connectivity index (χ0) is 14.7. The molecule has 0 spiro atoms. The lowest BCUT2D eigenvalue weighted by Gasteiger charge is -2.02. The Morgan fingerprint density at radius 3 is 2.55 bits per heavy atom. The number of rotatable bonds is 3. The summed E-state index contributed by atoms with van der Waals surface area (Å²) in [4.78, 5) is 36.0. The molecule has 1 aromatic carbocycles. The molecular formula is C12H8N2O6. The molecule has 8 heteroatoms. The van der Waals surface area contributed by atoms with E-state index in [9.17, 15) is 19.7 Å². The number of nitro groups is 1. The summed E-state index contributed by atoms with van der Waals surface area (Å²) in [6, 6.07) is 6.17. The number of ether oxygens (including phenoxy) is 1. The lowest BCUT2D eigenvalue weighted by atomic mass is 10.2. The minimum atomic E-state index is -0.746. The average Bonchev–Trinajstić information content (AvgIpc) is 2.37. The van der Waals surface area contributed by atoms with Crippen molar-refractivity contribution in [3.05, 3.63) is 50.9 Å². The molecule has 20 heavy (non-hydrogen) atoms. The highest BCUT2D eigenvalue weighted by molar-refractivity contribution is 5.68. The van der Waals surface area contributed by atoms with Gasteiger partial charge < -0.3 is 9.15 Å². The van der Waals surface area contributed by atoms with Crippen molar-refractivity contribution < 1.29 is 18.9 Å². The number of nitro benzene ring substituents is 1. The van der Waals surface area contributed by atoms with Gasteiger partial charge in [-0.3, -0.25) is 14.9 Å². The molecule has 0 unspecified atom stereocenters. The summed E-state index contributed by atoms with van der Waals surface area (Å²) < 4.78 is 9.56. The summed E-state index contributed by atoms with van der Waals surface area (Å²) in [6.07, 6.45) is 0. The second-order valence-corrected chi connectivity index (χ2v) is 3.72. The van der Waals surface area contributed by atoms with Crippen LogP contribution in [0.3, 0.4) is 0 Å². The van der Waals surface area contributed by atoms with Crippen LogP contribution < -0.4 is 10.4 Å². The fraction of sp³-hybridized carbons (Fsp3) is 0.0833. The standard InChI is InChI=1S/C12H8N2O6/c1-7(15)19-10-6-11(16)20-12(13-10)8-2-4-9(5-3-8)14(17)18/h2-6H,1H3. The Balaban J connectivity index is 2.41. The van der Waals surface area contributed by atoms with Gasteiger partial charge in [-0.05, 0) is 12.1 Å². The van der Waals surface area contributed by atoms with Crippen molar-refractivity contribution in [2.45, 2.75) is 6.92 Å². The molecule has 0 N–H and O–H groups in total. The molecule has 0 aliphatic heterocycles. The first-order valence-corrected chi connectivity index (χ1v) is 5.41. The van der Waals surface area contributed by atoms with Crippen molar-refractivity contribution in [2.24, 2.45) is 0 Å². The van der Waals surface area contributed by atoms with Crippen LogP contribution in [-0.4, -0.2) is 15.9 Å². The maximum absolute atomic E-state index is 11.3. The van der Waals surface area contributed by atoms with Gasteiger partial charge in [-0.25, -0.2) is 4.79 Å². The Hall–Kier alpha value is -3.03. The first-order chi connectivity index (χ1) is 9.45. The third-order valence-corrected chi connectivity index (χ3v) is 2.22. The second kappa shape index (κ2) is 5.31. The maximum Gasteiger partial charge on any atom is 0.343 e. The van der Waals surface area contributed by atoms with Gasteiger partial charge in [0.1, 0.15) is 0 Å². The minimum Gasteiger partial charge on any atom is -0.407 e. The van der Waals surface area contributed by atoms with Crippen molar-refractivity contribution in [3.8, 4) is 17.3 Å². The van der Waals surface area contributed by atoms with Crippen LogP contribution in [0.25, 0.3) is 11.5 Å². The Morgan fingerprint density at radius 2 is 2.00 bits per heavy atom. The number of benzene rings is 1. The van der Waals surface area contributed by atoms with Gasteiger partial charge in [0.2, 0.25) is 11.8 Å². The first kappa shape index (κ1) is 13.4. The zero-order valence-corrected chi connectivity index (χ0v) is 10.2. The largest absolute Gasteiger partial charge is 0.407 e. The summed E-state index contributed by atoms with van der Waals surface area (Å²) in [6.45, 7) is 1.17. The van der Waals surface area contributed by atoms with E-state index in [1.807, 2.05) is 0 Å². The molecule has 0 aliphatic carbocycles.